The molecule has 0 aliphatic carbocycles. The highest BCUT2D eigenvalue weighted by Gasteiger charge is 2.10. The number of hydrogen-bond donors (Lipinski definition) is 2. The first-order chi connectivity index (χ1) is 11.6. The topological polar surface area (TPSA) is 70.1 Å². The third-order valence-electron chi connectivity index (χ3n) is 3.22. The van der Waals surface area contributed by atoms with Crippen molar-refractivity contribution in [1.82, 2.24) is 15.6 Å². The molecule has 1 amide bonds. The van der Waals surface area contributed by atoms with Crippen LogP contribution in [0.2, 0.25) is 10.0 Å². The molecule has 7 heteroatoms. The highest BCUT2D eigenvalue weighted by Crippen LogP contribution is 2.21. The van der Waals surface area contributed by atoms with Gasteiger partial charge in [0.1, 0.15) is 5.69 Å². The Kier molecular flexibility index (Phi) is 4.93. The molecular weight excluding hydrogens is 347 g/mol. The molecule has 1 aromatic heterocycles. The van der Waals surface area contributed by atoms with Gasteiger partial charge in [0.05, 0.1) is 22.0 Å². The SMILES string of the molecule is O=C(NN=Cc1ccc(Cl)c(Cl)c1)c1cc(-c2ccccc2)n[nH]1. The van der Waals surface area contributed by atoms with Crippen LogP contribution in [0.25, 0.3) is 11.3 Å². The molecule has 1 heterocycles. The van der Waals surface area contributed by atoms with Crippen molar-refractivity contribution in [2.24, 2.45) is 5.10 Å². The second-order valence-corrected chi connectivity index (χ2v) is 5.72. The molecule has 120 valence electrons. The fraction of sp³-hybridized carbons (Fsp3) is 0. The summed E-state index contributed by atoms with van der Waals surface area (Å²) in [4.78, 5) is 12.1. The van der Waals surface area contributed by atoms with Crippen molar-refractivity contribution in [2.75, 3.05) is 0 Å². The van der Waals surface area contributed by atoms with Gasteiger partial charge in [-0.05, 0) is 23.8 Å². The van der Waals surface area contributed by atoms with Crippen molar-refractivity contribution in [3.05, 3.63) is 75.9 Å². The van der Waals surface area contributed by atoms with Crippen molar-refractivity contribution in [2.45, 2.75) is 0 Å². The fourth-order valence-electron chi connectivity index (χ4n) is 2.01. The number of carbonyl (C=O) groups is 1. The predicted molar refractivity (Wildman–Crippen MR) is 95.5 cm³/mol. The second-order valence-electron chi connectivity index (χ2n) is 4.91. The number of aromatic amines is 1. The quantitative estimate of drug-likeness (QED) is 0.543. The molecule has 2 N–H and O–H groups in total. The lowest BCUT2D eigenvalue weighted by molar-refractivity contribution is 0.0950. The Labute approximate surface area is 148 Å². The van der Waals surface area contributed by atoms with Gasteiger partial charge in [-0.2, -0.15) is 10.2 Å². The van der Waals surface area contributed by atoms with Crippen LogP contribution in [-0.4, -0.2) is 22.3 Å². The number of hydrogen-bond acceptors (Lipinski definition) is 3. The van der Waals surface area contributed by atoms with Gasteiger partial charge in [0.2, 0.25) is 0 Å². The molecule has 0 saturated carbocycles. The number of nitrogens with one attached hydrogen (secondary N) is 2. The molecule has 5 nitrogen and oxygen atoms in total. The van der Waals surface area contributed by atoms with Crippen LogP contribution < -0.4 is 5.43 Å². The van der Waals surface area contributed by atoms with Crippen LogP contribution >= 0.6 is 23.2 Å². The zero-order valence-corrected chi connectivity index (χ0v) is 13.8. The van der Waals surface area contributed by atoms with Crippen molar-refractivity contribution < 1.29 is 4.79 Å². The number of aromatic nitrogens is 2. The molecular formula is C17H12Cl2N4O. The lowest BCUT2D eigenvalue weighted by atomic mass is 10.1. The molecule has 0 spiro atoms. The smallest absolute Gasteiger partial charge is 0.272 e. The van der Waals surface area contributed by atoms with Crippen molar-refractivity contribution >= 4 is 35.3 Å². The zero-order chi connectivity index (χ0) is 16.9. The second kappa shape index (κ2) is 7.29. The molecule has 0 saturated heterocycles. The highest BCUT2D eigenvalue weighted by molar-refractivity contribution is 6.42. The summed E-state index contributed by atoms with van der Waals surface area (Å²) in [6, 6.07) is 16.3. The van der Waals surface area contributed by atoms with E-state index in [1.54, 1.807) is 24.3 Å². The Bertz CT molecular complexity index is 891. The maximum Gasteiger partial charge on any atom is 0.289 e. The van der Waals surface area contributed by atoms with Gasteiger partial charge >= 0.3 is 0 Å². The van der Waals surface area contributed by atoms with Gasteiger partial charge in [-0.3, -0.25) is 9.89 Å². The number of amides is 1. The van der Waals surface area contributed by atoms with Crippen LogP contribution in [0.4, 0.5) is 0 Å². The van der Waals surface area contributed by atoms with E-state index < -0.39 is 0 Å². The van der Waals surface area contributed by atoms with Gasteiger partial charge in [0, 0.05) is 5.56 Å². The van der Waals surface area contributed by atoms with E-state index in [-0.39, 0.29) is 5.91 Å². The van der Waals surface area contributed by atoms with E-state index in [2.05, 4.69) is 20.7 Å². The average Bonchev–Trinajstić information content (AvgIpc) is 3.09. The Morgan fingerprint density at radius 2 is 1.88 bits per heavy atom. The Balaban J connectivity index is 1.66. The molecule has 0 fully saturated rings. The fourth-order valence-corrected chi connectivity index (χ4v) is 2.32. The van der Waals surface area contributed by atoms with Crippen LogP contribution in [0.3, 0.4) is 0 Å². The number of hydrazone groups is 1. The molecule has 2 aromatic carbocycles. The molecule has 0 radical (unpaired) electrons. The summed E-state index contributed by atoms with van der Waals surface area (Å²) in [5.41, 5.74) is 5.08. The summed E-state index contributed by atoms with van der Waals surface area (Å²) in [6.07, 6.45) is 1.48. The first-order valence-electron chi connectivity index (χ1n) is 7.03. The minimum absolute atomic E-state index is 0.320. The standard InChI is InChI=1S/C17H12Cl2N4O/c18-13-7-6-11(8-14(13)19)10-20-23-17(24)16-9-15(21-22-16)12-4-2-1-3-5-12/h1-10H,(H,21,22)(H,23,24). The summed E-state index contributed by atoms with van der Waals surface area (Å²) in [6.45, 7) is 0. The Morgan fingerprint density at radius 3 is 2.62 bits per heavy atom. The number of nitrogens with zero attached hydrogens (tertiary/aromatic N) is 2. The number of benzene rings is 2. The van der Waals surface area contributed by atoms with Crippen molar-refractivity contribution in [3.8, 4) is 11.3 Å². The van der Waals surface area contributed by atoms with E-state index in [0.717, 1.165) is 11.1 Å². The zero-order valence-electron chi connectivity index (χ0n) is 12.3. The van der Waals surface area contributed by atoms with E-state index in [1.165, 1.54) is 6.21 Å². The molecule has 0 bridgehead atoms. The minimum atomic E-state index is -0.388. The van der Waals surface area contributed by atoms with Gasteiger partial charge < -0.3 is 0 Å². The van der Waals surface area contributed by atoms with E-state index in [0.29, 0.717) is 21.4 Å². The van der Waals surface area contributed by atoms with Crippen LogP contribution in [-0.2, 0) is 0 Å². The minimum Gasteiger partial charge on any atom is -0.272 e. The number of H-pyrrole nitrogens is 1. The van der Waals surface area contributed by atoms with E-state index in [1.807, 2.05) is 30.3 Å². The first-order valence-corrected chi connectivity index (χ1v) is 7.78. The molecule has 0 atom stereocenters. The van der Waals surface area contributed by atoms with E-state index in [9.17, 15) is 4.79 Å². The van der Waals surface area contributed by atoms with Gasteiger partial charge in [0.15, 0.2) is 0 Å². The molecule has 0 unspecified atom stereocenters. The molecule has 0 aliphatic heterocycles. The Hall–Kier alpha value is -2.63. The summed E-state index contributed by atoms with van der Waals surface area (Å²) in [7, 11) is 0. The lowest BCUT2D eigenvalue weighted by Gasteiger charge is -1.98. The van der Waals surface area contributed by atoms with Gasteiger partial charge in [-0.15, -0.1) is 0 Å². The maximum absolute atomic E-state index is 12.1. The van der Waals surface area contributed by atoms with Crippen LogP contribution in [0.15, 0.2) is 59.7 Å². The number of rotatable bonds is 4. The molecule has 0 aliphatic rings. The average molecular weight is 359 g/mol. The summed E-state index contributed by atoms with van der Waals surface area (Å²) in [5, 5.41) is 11.6. The van der Waals surface area contributed by atoms with Crippen molar-refractivity contribution in [3.63, 3.8) is 0 Å². The largest absolute Gasteiger partial charge is 0.289 e. The van der Waals surface area contributed by atoms with Crippen LogP contribution in [0, 0.1) is 0 Å². The predicted octanol–water partition coefficient (Wildman–Crippen LogP) is 4.15. The highest BCUT2D eigenvalue weighted by atomic mass is 35.5. The van der Waals surface area contributed by atoms with E-state index >= 15 is 0 Å². The van der Waals surface area contributed by atoms with Gasteiger partial charge in [-0.1, -0.05) is 59.6 Å². The first kappa shape index (κ1) is 16.2. The normalized spacial score (nSPS) is 10.9. The van der Waals surface area contributed by atoms with Crippen molar-refractivity contribution in [1.29, 1.82) is 0 Å². The van der Waals surface area contributed by atoms with Crippen LogP contribution in [0.1, 0.15) is 16.1 Å². The summed E-state index contributed by atoms with van der Waals surface area (Å²) >= 11 is 11.8. The Morgan fingerprint density at radius 1 is 1.08 bits per heavy atom. The maximum atomic E-state index is 12.1. The van der Waals surface area contributed by atoms with Gasteiger partial charge in [0.25, 0.3) is 5.91 Å². The number of halogens is 2. The third-order valence-corrected chi connectivity index (χ3v) is 3.95. The van der Waals surface area contributed by atoms with Crippen LogP contribution in [0.5, 0.6) is 0 Å². The molecule has 24 heavy (non-hydrogen) atoms. The van der Waals surface area contributed by atoms with E-state index in [4.69, 9.17) is 23.2 Å². The monoisotopic (exact) mass is 358 g/mol. The summed E-state index contributed by atoms with van der Waals surface area (Å²) in [5.74, 6) is -0.388. The van der Waals surface area contributed by atoms with Gasteiger partial charge in [-0.25, -0.2) is 5.43 Å². The number of carbonyl (C=O) groups excluding carboxylic acids is 1. The molecule has 3 aromatic rings. The summed E-state index contributed by atoms with van der Waals surface area (Å²) < 4.78 is 0. The third kappa shape index (κ3) is 3.82. The lowest BCUT2D eigenvalue weighted by Crippen LogP contribution is -2.17. The molecule has 3 rings (SSSR count).